The molecule has 22 heavy (non-hydrogen) atoms. The fourth-order valence-corrected chi connectivity index (χ4v) is 2.05. The third kappa shape index (κ3) is 4.55. The van der Waals surface area contributed by atoms with Crippen LogP contribution in [-0.4, -0.2) is 26.4 Å². The van der Waals surface area contributed by atoms with Gasteiger partial charge in [0.2, 0.25) is 5.75 Å². The van der Waals surface area contributed by atoms with Gasteiger partial charge in [-0.25, -0.2) is 4.79 Å². The molecule has 120 valence electrons. The molecule has 0 radical (unpaired) electrons. The van der Waals surface area contributed by atoms with Gasteiger partial charge in [-0.15, -0.1) is 0 Å². The van der Waals surface area contributed by atoms with Gasteiger partial charge in [-0.2, -0.15) is 0 Å². The Morgan fingerprint density at radius 1 is 1.09 bits per heavy atom. The fourth-order valence-electron chi connectivity index (χ4n) is 2.05. The molecule has 0 saturated carbocycles. The summed E-state index contributed by atoms with van der Waals surface area (Å²) < 4.78 is 0. The summed E-state index contributed by atoms with van der Waals surface area (Å²) in [6, 6.07) is 0.944. The number of carboxylic acid groups (broad SMARTS) is 1. The smallest absolute Gasteiger partial charge is 0.336 e. The molecule has 1 rings (SSSR count). The molecule has 0 bridgehead atoms. The molecule has 0 aliphatic carbocycles. The lowest BCUT2D eigenvalue weighted by atomic mass is 9.99. The number of benzene rings is 1. The molecule has 1 aromatic rings. The van der Waals surface area contributed by atoms with Gasteiger partial charge in [-0.1, -0.05) is 23.3 Å². The number of hydrogen-bond donors (Lipinski definition) is 4. The highest BCUT2D eigenvalue weighted by Gasteiger charge is 2.20. The lowest BCUT2D eigenvalue weighted by molar-refractivity contribution is 0.0694. The Bertz CT molecular complexity index is 622. The van der Waals surface area contributed by atoms with Crippen LogP contribution in [0.4, 0.5) is 0 Å². The second-order valence-corrected chi connectivity index (χ2v) is 5.50. The Morgan fingerprint density at radius 3 is 2.27 bits per heavy atom. The van der Waals surface area contributed by atoms with Crippen molar-refractivity contribution in [2.75, 3.05) is 0 Å². The molecule has 4 N–H and O–H groups in total. The van der Waals surface area contributed by atoms with Crippen molar-refractivity contribution < 1.29 is 25.2 Å². The molecule has 0 unspecified atom stereocenters. The molecule has 0 amide bonds. The maximum absolute atomic E-state index is 11.2. The second kappa shape index (κ2) is 7.54. The van der Waals surface area contributed by atoms with Crippen molar-refractivity contribution in [2.45, 2.75) is 40.0 Å². The monoisotopic (exact) mass is 306 g/mol. The number of carboxylic acids is 1. The maximum atomic E-state index is 11.2. The van der Waals surface area contributed by atoms with E-state index >= 15 is 0 Å². The molecule has 0 fully saturated rings. The van der Waals surface area contributed by atoms with Gasteiger partial charge in [0.25, 0.3) is 0 Å². The first-order chi connectivity index (χ1) is 10.2. The summed E-state index contributed by atoms with van der Waals surface area (Å²) in [5.41, 5.74) is 2.16. The summed E-state index contributed by atoms with van der Waals surface area (Å²) in [6.07, 6.45) is 5.82. The second-order valence-electron chi connectivity index (χ2n) is 5.50. The van der Waals surface area contributed by atoms with Gasteiger partial charge in [0.05, 0.1) is 5.56 Å². The normalized spacial score (nSPS) is 11.3. The van der Waals surface area contributed by atoms with Gasteiger partial charge in [0, 0.05) is 5.56 Å². The van der Waals surface area contributed by atoms with Crippen LogP contribution in [0.2, 0.25) is 0 Å². The molecule has 5 heteroatoms. The molecule has 0 aliphatic rings. The van der Waals surface area contributed by atoms with Crippen molar-refractivity contribution in [1.82, 2.24) is 0 Å². The lowest BCUT2D eigenvalue weighted by Gasteiger charge is -2.10. The summed E-state index contributed by atoms with van der Waals surface area (Å²) in [6.45, 7) is 5.97. The predicted octanol–water partition coefficient (Wildman–Crippen LogP) is 3.74. The Labute approximate surface area is 129 Å². The molecular weight excluding hydrogens is 284 g/mol. The molecule has 0 spiro atoms. The van der Waals surface area contributed by atoms with Crippen LogP contribution in [0.1, 0.15) is 49.5 Å². The third-order valence-electron chi connectivity index (χ3n) is 3.34. The van der Waals surface area contributed by atoms with E-state index in [0.717, 1.165) is 24.5 Å². The van der Waals surface area contributed by atoms with Crippen molar-refractivity contribution in [3.63, 3.8) is 0 Å². The Kier molecular flexibility index (Phi) is 6.04. The molecule has 0 aliphatic heterocycles. The fraction of sp³-hybridized carbons (Fsp3) is 0.353. The number of allylic oxidation sites excluding steroid dienone is 4. The minimum atomic E-state index is -1.27. The van der Waals surface area contributed by atoms with Crippen LogP contribution in [0.25, 0.3) is 0 Å². The van der Waals surface area contributed by atoms with Crippen molar-refractivity contribution in [3.05, 3.63) is 40.5 Å². The molecule has 0 aromatic heterocycles. The number of rotatable bonds is 6. The average Bonchev–Trinajstić information content (AvgIpc) is 2.42. The van der Waals surface area contributed by atoms with E-state index in [1.54, 1.807) is 0 Å². The van der Waals surface area contributed by atoms with Crippen LogP contribution in [0.15, 0.2) is 29.4 Å². The zero-order chi connectivity index (χ0) is 16.9. The van der Waals surface area contributed by atoms with Gasteiger partial charge >= 0.3 is 5.97 Å². The van der Waals surface area contributed by atoms with Gasteiger partial charge in [-0.3, -0.25) is 0 Å². The Balaban J connectivity index is 3.00. The molecular formula is C17H22O5. The van der Waals surface area contributed by atoms with E-state index in [2.05, 4.69) is 6.08 Å². The van der Waals surface area contributed by atoms with Crippen molar-refractivity contribution in [3.8, 4) is 17.2 Å². The standard InChI is InChI=1S/C17H22O5/c1-10(2)5-4-6-11(3)7-8-12-13(17(21)22)9-14(18)16(20)15(12)19/h5,7,9,18-20H,4,6,8H2,1-3H3,(H,21,22)/b11-7+. The third-order valence-corrected chi connectivity index (χ3v) is 3.34. The summed E-state index contributed by atoms with van der Waals surface area (Å²) in [7, 11) is 0. The van der Waals surface area contributed by atoms with Gasteiger partial charge in [0.15, 0.2) is 11.5 Å². The van der Waals surface area contributed by atoms with Crippen molar-refractivity contribution in [2.24, 2.45) is 0 Å². The summed E-state index contributed by atoms with van der Waals surface area (Å²) in [4.78, 5) is 11.2. The molecule has 0 heterocycles. The maximum Gasteiger partial charge on any atom is 0.336 e. The number of phenolic OH excluding ortho intramolecular Hbond substituents is 3. The topological polar surface area (TPSA) is 98.0 Å². The largest absolute Gasteiger partial charge is 0.504 e. The minimum absolute atomic E-state index is 0.0874. The first kappa shape index (κ1) is 17.6. The number of hydrogen-bond acceptors (Lipinski definition) is 4. The summed E-state index contributed by atoms with van der Waals surface area (Å²) in [5.74, 6) is -3.21. The Hall–Kier alpha value is -2.43. The van der Waals surface area contributed by atoms with E-state index < -0.39 is 23.2 Å². The molecule has 5 nitrogen and oxygen atoms in total. The van der Waals surface area contributed by atoms with E-state index in [1.807, 2.05) is 26.8 Å². The number of carbonyl (C=O) groups is 1. The number of phenols is 3. The first-order valence-corrected chi connectivity index (χ1v) is 7.03. The average molecular weight is 306 g/mol. The molecule has 1 aromatic carbocycles. The van der Waals surface area contributed by atoms with Crippen molar-refractivity contribution in [1.29, 1.82) is 0 Å². The number of aromatic hydroxyl groups is 3. The van der Waals surface area contributed by atoms with Crippen LogP contribution in [-0.2, 0) is 6.42 Å². The lowest BCUT2D eigenvalue weighted by Crippen LogP contribution is -2.02. The predicted molar refractivity (Wildman–Crippen MR) is 84.5 cm³/mol. The molecule has 0 atom stereocenters. The van der Waals surface area contributed by atoms with Crippen molar-refractivity contribution >= 4 is 5.97 Å². The van der Waals surface area contributed by atoms with E-state index in [9.17, 15) is 20.1 Å². The highest BCUT2D eigenvalue weighted by atomic mass is 16.4. The quantitative estimate of drug-likeness (QED) is 0.474. The minimum Gasteiger partial charge on any atom is -0.504 e. The van der Waals surface area contributed by atoms with E-state index in [-0.39, 0.29) is 17.5 Å². The zero-order valence-electron chi connectivity index (χ0n) is 13.1. The van der Waals surface area contributed by atoms with Gasteiger partial charge in [0.1, 0.15) is 0 Å². The van der Waals surface area contributed by atoms with Crippen LogP contribution < -0.4 is 0 Å². The van der Waals surface area contributed by atoms with E-state index in [0.29, 0.717) is 0 Å². The zero-order valence-corrected chi connectivity index (χ0v) is 13.1. The van der Waals surface area contributed by atoms with Gasteiger partial charge in [-0.05, 0) is 46.1 Å². The van der Waals surface area contributed by atoms with Crippen LogP contribution >= 0.6 is 0 Å². The summed E-state index contributed by atoms with van der Waals surface area (Å²) in [5, 5.41) is 37.9. The highest BCUT2D eigenvalue weighted by molar-refractivity contribution is 5.91. The molecule has 0 saturated heterocycles. The Morgan fingerprint density at radius 2 is 1.73 bits per heavy atom. The summed E-state index contributed by atoms with van der Waals surface area (Å²) >= 11 is 0. The van der Waals surface area contributed by atoms with Gasteiger partial charge < -0.3 is 20.4 Å². The van der Waals surface area contributed by atoms with Crippen LogP contribution in [0, 0.1) is 0 Å². The van der Waals surface area contributed by atoms with E-state index in [1.165, 1.54) is 5.57 Å². The van der Waals surface area contributed by atoms with E-state index in [4.69, 9.17) is 5.11 Å². The first-order valence-electron chi connectivity index (χ1n) is 7.03. The van der Waals surface area contributed by atoms with Crippen LogP contribution in [0.3, 0.4) is 0 Å². The highest BCUT2D eigenvalue weighted by Crippen LogP contribution is 2.40. The van der Waals surface area contributed by atoms with Crippen LogP contribution in [0.5, 0.6) is 17.2 Å². The number of aromatic carboxylic acids is 1. The SMILES string of the molecule is CC(C)=CCC/C(C)=C/Cc1c(C(=O)O)cc(O)c(O)c1O.